The monoisotopic (exact) mass is 235 g/mol. The standard InChI is InChI=1S/C13H9N5/c14-7-10-5-6-11(8-18-9-15-16-17-18)13-4-2-1-3-12(10)13/h1-6,9H,8H2. The predicted octanol–water partition coefficient (Wildman–Crippen LogP) is 1.75. The number of aromatic nitrogens is 4. The Labute approximate surface area is 103 Å². The van der Waals surface area contributed by atoms with Crippen LogP contribution in [0.1, 0.15) is 11.1 Å². The minimum Gasteiger partial charge on any atom is -0.228 e. The fraction of sp³-hybridized carbons (Fsp3) is 0.0769. The SMILES string of the molecule is N#Cc1ccc(Cn2cnnn2)c2ccccc12. The van der Waals surface area contributed by atoms with Crippen molar-refractivity contribution >= 4 is 10.8 Å². The summed E-state index contributed by atoms with van der Waals surface area (Å²) in [4.78, 5) is 0. The normalized spacial score (nSPS) is 10.4. The van der Waals surface area contributed by atoms with E-state index in [1.54, 1.807) is 11.0 Å². The molecule has 5 heteroatoms. The van der Waals surface area contributed by atoms with Crippen molar-refractivity contribution in [3.63, 3.8) is 0 Å². The van der Waals surface area contributed by atoms with Crippen LogP contribution in [0.15, 0.2) is 42.7 Å². The zero-order valence-electron chi connectivity index (χ0n) is 9.48. The van der Waals surface area contributed by atoms with Crippen LogP contribution in [0.25, 0.3) is 10.8 Å². The van der Waals surface area contributed by atoms with E-state index in [4.69, 9.17) is 5.26 Å². The molecule has 5 nitrogen and oxygen atoms in total. The van der Waals surface area contributed by atoms with Gasteiger partial charge in [0.2, 0.25) is 0 Å². The quantitative estimate of drug-likeness (QED) is 0.678. The van der Waals surface area contributed by atoms with Gasteiger partial charge in [-0.15, -0.1) is 5.10 Å². The molecule has 0 radical (unpaired) electrons. The van der Waals surface area contributed by atoms with Crippen LogP contribution < -0.4 is 0 Å². The van der Waals surface area contributed by atoms with E-state index in [-0.39, 0.29) is 0 Å². The number of hydrogen-bond acceptors (Lipinski definition) is 4. The van der Waals surface area contributed by atoms with E-state index < -0.39 is 0 Å². The van der Waals surface area contributed by atoms with Gasteiger partial charge in [0.05, 0.1) is 18.2 Å². The van der Waals surface area contributed by atoms with E-state index in [1.165, 1.54) is 0 Å². The van der Waals surface area contributed by atoms with Crippen molar-refractivity contribution in [1.29, 1.82) is 5.26 Å². The Bertz CT molecular complexity index is 725. The molecule has 0 N–H and O–H groups in total. The van der Waals surface area contributed by atoms with E-state index in [1.807, 2.05) is 36.4 Å². The van der Waals surface area contributed by atoms with Gasteiger partial charge in [-0.25, -0.2) is 4.68 Å². The summed E-state index contributed by atoms with van der Waals surface area (Å²) in [5.41, 5.74) is 1.78. The van der Waals surface area contributed by atoms with Crippen LogP contribution in [0, 0.1) is 11.3 Å². The Morgan fingerprint density at radius 3 is 2.67 bits per heavy atom. The van der Waals surface area contributed by atoms with Crippen molar-refractivity contribution in [3.8, 4) is 6.07 Å². The number of rotatable bonds is 2. The first kappa shape index (κ1) is 10.4. The van der Waals surface area contributed by atoms with Crippen molar-refractivity contribution in [1.82, 2.24) is 20.2 Å². The molecule has 0 fully saturated rings. The van der Waals surface area contributed by atoms with Crippen LogP contribution in [-0.2, 0) is 6.54 Å². The summed E-state index contributed by atoms with van der Waals surface area (Å²) in [6.45, 7) is 0.596. The third-order valence-electron chi connectivity index (χ3n) is 2.86. The summed E-state index contributed by atoms with van der Waals surface area (Å²) in [6, 6.07) is 13.9. The molecule has 0 bridgehead atoms. The van der Waals surface area contributed by atoms with Gasteiger partial charge in [-0.1, -0.05) is 30.3 Å². The van der Waals surface area contributed by atoms with Crippen molar-refractivity contribution < 1.29 is 0 Å². The highest BCUT2D eigenvalue weighted by molar-refractivity contribution is 5.90. The molecule has 1 aromatic heterocycles. The van der Waals surface area contributed by atoms with Gasteiger partial charge in [0, 0.05) is 0 Å². The van der Waals surface area contributed by atoms with Gasteiger partial charge < -0.3 is 0 Å². The topological polar surface area (TPSA) is 67.4 Å². The molecule has 0 aliphatic carbocycles. The number of nitriles is 1. The largest absolute Gasteiger partial charge is 0.228 e. The fourth-order valence-electron chi connectivity index (χ4n) is 2.02. The van der Waals surface area contributed by atoms with Gasteiger partial charge in [-0.05, 0) is 32.8 Å². The van der Waals surface area contributed by atoms with E-state index in [0.717, 1.165) is 16.3 Å². The van der Waals surface area contributed by atoms with E-state index in [2.05, 4.69) is 21.6 Å². The summed E-state index contributed by atoms with van der Waals surface area (Å²) < 4.78 is 1.66. The second-order valence-corrected chi connectivity index (χ2v) is 3.94. The van der Waals surface area contributed by atoms with Crippen LogP contribution in [0.2, 0.25) is 0 Å². The first-order valence-electron chi connectivity index (χ1n) is 5.50. The Morgan fingerprint density at radius 2 is 1.94 bits per heavy atom. The van der Waals surface area contributed by atoms with E-state index in [0.29, 0.717) is 12.1 Å². The lowest BCUT2D eigenvalue weighted by atomic mass is 10.0. The van der Waals surface area contributed by atoms with Crippen molar-refractivity contribution in [3.05, 3.63) is 53.9 Å². The summed E-state index contributed by atoms with van der Waals surface area (Å²) >= 11 is 0. The number of nitrogens with zero attached hydrogens (tertiary/aromatic N) is 5. The number of fused-ring (bicyclic) bond motifs is 1. The maximum atomic E-state index is 9.10. The van der Waals surface area contributed by atoms with Crippen LogP contribution in [-0.4, -0.2) is 20.2 Å². The molecule has 0 atom stereocenters. The van der Waals surface area contributed by atoms with Gasteiger partial charge in [0.1, 0.15) is 6.33 Å². The highest BCUT2D eigenvalue weighted by atomic mass is 15.5. The molecule has 0 saturated carbocycles. The lowest BCUT2D eigenvalue weighted by Crippen LogP contribution is -2.01. The Balaban J connectivity index is 2.16. The second kappa shape index (κ2) is 4.26. The number of benzene rings is 2. The Kier molecular flexibility index (Phi) is 2.47. The third kappa shape index (κ3) is 1.70. The summed E-state index contributed by atoms with van der Waals surface area (Å²) in [7, 11) is 0. The van der Waals surface area contributed by atoms with Crippen LogP contribution in [0.4, 0.5) is 0 Å². The molecule has 0 unspecified atom stereocenters. The van der Waals surface area contributed by atoms with Gasteiger partial charge in [0.15, 0.2) is 0 Å². The number of tetrazole rings is 1. The first-order valence-corrected chi connectivity index (χ1v) is 5.50. The summed E-state index contributed by atoms with van der Waals surface area (Å²) in [6.07, 6.45) is 1.58. The van der Waals surface area contributed by atoms with Crippen LogP contribution >= 0.6 is 0 Å². The molecule has 0 amide bonds. The average molecular weight is 235 g/mol. The summed E-state index contributed by atoms with van der Waals surface area (Å²) in [5.74, 6) is 0. The minimum absolute atomic E-state index is 0.596. The van der Waals surface area contributed by atoms with Crippen LogP contribution in [0.3, 0.4) is 0 Å². The lowest BCUT2D eigenvalue weighted by molar-refractivity contribution is 0.651. The van der Waals surface area contributed by atoms with Gasteiger partial charge in [-0.2, -0.15) is 5.26 Å². The molecule has 18 heavy (non-hydrogen) atoms. The van der Waals surface area contributed by atoms with Gasteiger partial charge >= 0.3 is 0 Å². The summed E-state index contributed by atoms with van der Waals surface area (Å²) in [5, 5.41) is 22.2. The third-order valence-corrected chi connectivity index (χ3v) is 2.86. The molecule has 86 valence electrons. The maximum absolute atomic E-state index is 9.10. The number of hydrogen-bond donors (Lipinski definition) is 0. The van der Waals surface area contributed by atoms with Gasteiger partial charge in [0.25, 0.3) is 0 Å². The highest BCUT2D eigenvalue weighted by Gasteiger charge is 2.06. The molecule has 0 aliphatic heterocycles. The molecule has 1 heterocycles. The van der Waals surface area contributed by atoms with Crippen molar-refractivity contribution in [2.24, 2.45) is 0 Å². The molecular weight excluding hydrogens is 226 g/mol. The zero-order valence-corrected chi connectivity index (χ0v) is 9.48. The molecular formula is C13H9N5. The molecule has 0 spiro atoms. The van der Waals surface area contributed by atoms with Crippen LogP contribution in [0.5, 0.6) is 0 Å². The fourth-order valence-corrected chi connectivity index (χ4v) is 2.02. The zero-order chi connectivity index (χ0) is 12.4. The Hall–Kier alpha value is -2.74. The highest BCUT2D eigenvalue weighted by Crippen LogP contribution is 2.22. The van der Waals surface area contributed by atoms with Crippen molar-refractivity contribution in [2.75, 3.05) is 0 Å². The average Bonchev–Trinajstić information content (AvgIpc) is 2.92. The minimum atomic E-state index is 0.596. The van der Waals surface area contributed by atoms with Gasteiger partial charge in [-0.3, -0.25) is 0 Å². The first-order chi connectivity index (χ1) is 8.88. The second-order valence-electron chi connectivity index (χ2n) is 3.94. The molecule has 0 saturated heterocycles. The van der Waals surface area contributed by atoms with Crippen molar-refractivity contribution in [2.45, 2.75) is 6.54 Å². The molecule has 0 aliphatic rings. The predicted molar refractivity (Wildman–Crippen MR) is 65.6 cm³/mol. The van der Waals surface area contributed by atoms with E-state index in [9.17, 15) is 0 Å². The Morgan fingerprint density at radius 1 is 1.11 bits per heavy atom. The molecule has 2 aromatic carbocycles. The van der Waals surface area contributed by atoms with E-state index >= 15 is 0 Å². The molecule has 3 aromatic rings. The molecule has 3 rings (SSSR count). The lowest BCUT2D eigenvalue weighted by Gasteiger charge is -2.07. The smallest absolute Gasteiger partial charge is 0.138 e. The maximum Gasteiger partial charge on any atom is 0.138 e.